The van der Waals surface area contributed by atoms with Gasteiger partial charge in [0.25, 0.3) is 0 Å². The van der Waals surface area contributed by atoms with E-state index in [4.69, 9.17) is 0 Å². The van der Waals surface area contributed by atoms with E-state index in [1.165, 1.54) is 109 Å². The van der Waals surface area contributed by atoms with Crippen LogP contribution in [0.5, 0.6) is 0 Å². The molecule has 0 aliphatic heterocycles. The van der Waals surface area contributed by atoms with Crippen LogP contribution in [0.4, 0.5) is 34.1 Å². The zero-order chi connectivity index (χ0) is 50.7. The Hall–Kier alpha value is -9.76. The van der Waals surface area contributed by atoms with E-state index in [2.05, 4.69) is 303 Å². The van der Waals surface area contributed by atoms with Crippen LogP contribution < -0.4 is 9.80 Å². The van der Waals surface area contributed by atoms with Gasteiger partial charge in [-0.15, -0.1) is 0 Å². The molecule has 0 amide bonds. The molecule has 2 heteroatoms. The molecular weight excluding hydrogens is 917 g/mol. The van der Waals surface area contributed by atoms with E-state index in [0.717, 1.165) is 34.1 Å². The highest BCUT2D eigenvalue weighted by Gasteiger charge is 2.23. The lowest BCUT2D eigenvalue weighted by Gasteiger charge is -2.30. The monoisotopic (exact) mass is 968 g/mol. The molecular formula is C74H52N2. The Labute approximate surface area is 443 Å². The van der Waals surface area contributed by atoms with Crippen LogP contribution in [0, 0.1) is 13.8 Å². The summed E-state index contributed by atoms with van der Waals surface area (Å²) in [7, 11) is 0. The topological polar surface area (TPSA) is 6.48 Å². The van der Waals surface area contributed by atoms with Gasteiger partial charge in [-0.1, -0.05) is 218 Å². The molecule has 0 N–H and O–H groups in total. The molecule has 0 aromatic heterocycles. The summed E-state index contributed by atoms with van der Waals surface area (Å²) in [5, 5.41) is 15.1. The number of hydrogen-bond donors (Lipinski definition) is 0. The van der Waals surface area contributed by atoms with Crippen LogP contribution in [0.2, 0.25) is 0 Å². The third-order valence-electron chi connectivity index (χ3n) is 15.6. The van der Waals surface area contributed by atoms with Crippen LogP contribution in [0.1, 0.15) is 11.1 Å². The summed E-state index contributed by atoms with van der Waals surface area (Å²) in [5.41, 5.74) is 16.1. The van der Waals surface area contributed by atoms with Gasteiger partial charge in [-0.3, -0.25) is 0 Å². The van der Waals surface area contributed by atoms with Crippen LogP contribution in [0.3, 0.4) is 0 Å². The van der Waals surface area contributed by atoms with Crippen molar-refractivity contribution in [3.8, 4) is 33.4 Å². The van der Waals surface area contributed by atoms with Crippen LogP contribution in [0.15, 0.2) is 279 Å². The van der Waals surface area contributed by atoms with E-state index in [1.54, 1.807) is 0 Å². The standard InChI is InChI=1S/C74H52N2/c1-49-45-53(37-43-71(49)75(73-35-19-17-25-57(73)51-21-5-3-6-22-51)55-39-41-67-63-31-11-9-27-59(63)61-29-13-15-33-65(61)69(67)47-55)54-38-44-72(50(2)46-54)76(74-36-20-18-26-58(74)52-23-7-4-8-24-52)56-40-42-68-64-32-12-10-28-60(64)62-30-14-16-34-66(62)70(68)48-56/h3-48H,1-2H3. The van der Waals surface area contributed by atoms with Gasteiger partial charge in [0.05, 0.1) is 11.4 Å². The molecule has 0 saturated heterocycles. The number of para-hydroxylation sites is 2. The molecule has 0 saturated carbocycles. The zero-order valence-electron chi connectivity index (χ0n) is 42.5. The molecule has 14 aromatic carbocycles. The van der Waals surface area contributed by atoms with Gasteiger partial charge in [-0.25, -0.2) is 0 Å². The summed E-state index contributed by atoms with van der Waals surface area (Å²) in [6.07, 6.45) is 0. The highest BCUT2D eigenvalue weighted by atomic mass is 15.2. The van der Waals surface area contributed by atoms with Gasteiger partial charge in [0.2, 0.25) is 0 Å². The summed E-state index contributed by atoms with van der Waals surface area (Å²) in [5.74, 6) is 0. The van der Waals surface area contributed by atoms with Gasteiger partial charge in [-0.2, -0.15) is 0 Å². The fraction of sp³-hybridized carbons (Fsp3) is 0.0270. The number of anilines is 6. The summed E-state index contributed by atoms with van der Waals surface area (Å²) < 4.78 is 0. The molecule has 14 aromatic rings. The van der Waals surface area contributed by atoms with E-state index in [0.29, 0.717) is 0 Å². The normalized spacial score (nSPS) is 11.6. The van der Waals surface area contributed by atoms with Gasteiger partial charge >= 0.3 is 0 Å². The van der Waals surface area contributed by atoms with Gasteiger partial charge in [0.15, 0.2) is 0 Å². The molecule has 0 fully saturated rings. The number of fused-ring (bicyclic) bond motifs is 12. The highest BCUT2D eigenvalue weighted by molar-refractivity contribution is 6.27. The van der Waals surface area contributed by atoms with Crippen molar-refractivity contribution in [3.63, 3.8) is 0 Å². The van der Waals surface area contributed by atoms with Crippen molar-refractivity contribution >= 4 is 98.8 Å². The predicted octanol–water partition coefficient (Wildman–Crippen LogP) is 21.2. The Kier molecular flexibility index (Phi) is 11.0. The van der Waals surface area contributed by atoms with Crippen molar-refractivity contribution in [1.29, 1.82) is 0 Å². The zero-order valence-corrected chi connectivity index (χ0v) is 42.5. The van der Waals surface area contributed by atoms with Crippen molar-refractivity contribution in [2.75, 3.05) is 9.80 Å². The first-order chi connectivity index (χ1) is 37.6. The minimum atomic E-state index is 1.11. The molecule has 14 rings (SSSR count). The molecule has 2 nitrogen and oxygen atoms in total. The summed E-state index contributed by atoms with van der Waals surface area (Å²) >= 11 is 0. The second-order valence-corrected chi connectivity index (χ2v) is 20.1. The number of aryl methyl sites for hydroxylation is 2. The van der Waals surface area contributed by atoms with Crippen LogP contribution in [-0.4, -0.2) is 0 Å². The van der Waals surface area contributed by atoms with Gasteiger partial charge in [0, 0.05) is 33.9 Å². The molecule has 0 heterocycles. The SMILES string of the molecule is Cc1cc(-c2ccc(N(c3ccc4c5ccccc5c5ccccc5c4c3)c3ccccc3-c3ccccc3)c(C)c2)ccc1N(c1ccc2c3ccccc3c3ccccc3c2c1)c1ccccc1-c1ccccc1. The molecule has 0 atom stereocenters. The van der Waals surface area contributed by atoms with E-state index < -0.39 is 0 Å². The van der Waals surface area contributed by atoms with Crippen molar-refractivity contribution in [2.45, 2.75) is 13.8 Å². The lowest BCUT2D eigenvalue weighted by Crippen LogP contribution is -2.13. The van der Waals surface area contributed by atoms with Gasteiger partial charge < -0.3 is 9.80 Å². The first kappa shape index (κ1) is 44.9. The van der Waals surface area contributed by atoms with E-state index in [1.807, 2.05) is 0 Å². The maximum atomic E-state index is 2.47. The average molecular weight is 969 g/mol. The Morgan fingerprint density at radius 3 is 0.829 bits per heavy atom. The van der Waals surface area contributed by atoms with Crippen LogP contribution in [-0.2, 0) is 0 Å². The predicted molar refractivity (Wildman–Crippen MR) is 327 cm³/mol. The molecule has 0 spiro atoms. The summed E-state index contributed by atoms with van der Waals surface area (Å²) in [4.78, 5) is 4.94. The van der Waals surface area contributed by atoms with E-state index in [-0.39, 0.29) is 0 Å². The Balaban J connectivity index is 0.914. The molecule has 0 radical (unpaired) electrons. The smallest absolute Gasteiger partial charge is 0.0540 e. The minimum Gasteiger partial charge on any atom is -0.310 e. The maximum Gasteiger partial charge on any atom is 0.0540 e. The third-order valence-corrected chi connectivity index (χ3v) is 15.6. The molecule has 0 bridgehead atoms. The number of rotatable bonds is 9. The van der Waals surface area contributed by atoms with E-state index in [9.17, 15) is 0 Å². The largest absolute Gasteiger partial charge is 0.310 e. The van der Waals surface area contributed by atoms with Crippen molar-refractivity contribution in [2.24, 2.45) is 0 Å². The van der Waals surface area contributed by atoms with Crippen molar-refractivity contribution in [1.82, 2.24) is 0 Å². The maximum absolute atomic E-state index is 2.47. The van der Waals surface area contributed by atoms with Gasteiger partial charge in [-0.05, 0) is 173 Å². The first-order valence-electron chi connectivity index (χ1n) is 26.3. The number of nitrogens with zero attached hydrogens (tertiary/aromatic N) is 2. The van der Waals surface area contributed by atoms with E-state index >= 15 is 0 Å². The molecule has 0 unspecified atom stereocenters. The summed E-state index contributed by atoms with van der Waals surface area (Å²) in [6, 6.07) is 103. The fourth-order valence-corrected chi connectivity index (χ4v) is 12.1. The Bertz CT molecular complexity index is 4190. The molecule has 358 valence electrons. The van der Waals surface area contributed by atoms with Crippen molar-refractivity contribution < 1.29 is 0 Å². The number of hydrogen-bond acceptors (Lipinski definition) is 2. The molecule has 0 aliphatic carbocycles. The second kappa shape index (κ2) is 18.6. The first-order valence-corrected chi connectivity index (χ1v) is 26.3. The fourth-order valence-electron chi connectivity index (χ4n) is 12.1. The Morgan fingerprint density at radius 2 is 0.487 bits per heavy atom. The average Bonchev–Trinajstić information content (AvgIpc) is 3.50. The lowest BCUT2D eigenvalue weighted by molar-refractivity contribution is 1.25. The molecule has 76 heavy (non-hydrogen) atoms. The quantitative estimate of drug-likeness (QED) is 0.133. The third kappa shape index (κ3) is 7.57. The number of benzene rings is 14. The van der Waals surface area contributed by atoms with Crippen LogP contribution in [0.25, 0.3) is 98.0 Å². The lowest BCUT2D eigenvalue weighted by atomic mass is 9.93. The minimum absolute atomic E-state index is 1.11. The Morgan fingerprint density at radius 1 is 0.197 bits per heavy atom. The van der Waals surface area contributed by atoms with Crippen molar-refractivity contribution in [3.05, 3.63) is 290 Å². The summed E-state index contributed by atoms with van der Waals surface area (Å²) in [6.45, 7) is 4.52. The van der Waals surface area contributed by atoms with Crippen LogP contribution >= 0.6 is 0 Å². The molecule has 0 aliphatic rings. The second-order valence-electron chi connectivity index (χ2n) is 20.1. The highest BCUT2D eigenvalue weighted by Crippen LogP contribution is 2.48. The van der Waals surface area contributed by atoms with Gasteiger partial charge in [0.1, 0.15) is 0 Å².